The van der Waals surface area contributed by atoms with Gasteiger partial charge in [-0.3, -0.25) is 0 Å². The van der Waals surface area contributed by atoms with Gasteiger partial charge < -0.3 is 9.64 Å². The Morgan fingerprint density at radius 1 is 1.07 bits per heavy atom. The molecule has 0 fully saturated rings. The number of halogens is 3. The molecule has 1 aromatic heterocycles. The molecule has 0 amide bonds. The van der Waals surface area contributed by atoms with Gasteiger partial charge in [0.05, 0.1) is 6.61 Å². The molecule has 0 N–H and O–H groups in total. The number of hydrogen-bond donors (Lipinski definition) is 0. The topological polar surface area (TPSA) is 38.2 Å². The number of ether oxygens (including phenoxy) is 1. The SMILES string of the molecule is CCN(c1ccc(C(C)C)cc1)c1ncc(C(F)(F)F)c(OCC(C)C)n1. The zero-order valence-corrected chi connectivity index (χ0v) is 16.3. The van der Waals surface area contributed by atoms with Gasteiger partial charge in [-0.15, -0.1) is 0 Å². The van der Waals surface area contributed by atoms with Crippen LogP contribution in [0.5, 0.6) is 5.88 Å². The van der Waals surface area contributed by atoms with Crippen molar-refractivity contribution in [2.45, 2.75) is 46.7 Å². The van der Waals surface area contributed by atoms with Crippen LogP contribution in [-0.2, 0) is 6.18 Å². The molecule has 0 aliphatic heterocycles. The standard InChI is InChI=1S/C20H26F3N3O/c1-6-26(16-9-7-15(8-10-16)14(4)5)19-24-11-17(20(21,22)23)18(25-19)27-12-13(2)3/h7-11,13-14H,6,12H2,1-5H3. The predicted octanol–water partition coefficient (Wildman–Crippen LogP) is 5.81. The first kappa shape index (κ1) is 21.0. The van der Waals surface area contributed by atoms with E-state index in [0.717, 1.165) is 11.9 Å². The van der Waals surface area contributed by atoms with E-state index in [0.29, 0.717) is 12.5 Å². The average molecular weight is 381 g/mol. The monoisotopic (exact) mass is 381 g/mol. The summed E-state index contributed by atoms with van der Waals surface area (Å²) in [6.45, 7) is 10.5. The second-order valence-electron chi connectivity index (χ2n) is 7.08. The molecule has 2 rings (SSSR count). The van der Waals surface area contributed by atoms with Gasteiger partial charge >= 0.3 is 6.18 Å². The summed E-state index contributed by atoms with van der Waals surface area (Å²) in [7, 11) is 0. The van der Waals surface area contributed by atoms with E-state index in [4.69, 9.17) is 4.74 Å². The lowest BCUT2D eigenvalue weighted by Crippen LogP contribution is -2.21. The summed E-state index contributed by atoms with van der Waals surface area (Å²) < 4.78 is 45.1. The van der Waals surface area contributed by atoms with E-state index in [1.54, 1.807) is 4.90 Å². The number of anilines is 2. The van der Waals surface area contributed by atoms with Crippen molar-refractivity contribution >= 4 is 11.6 Å². The normalized spacial score (nSPS) is 11.9. The number of alkyl halides is 3. The molecule has 0 aliphatic carbocycles. The molecule has 0 bridgehead atoms. The third kappa shape index (κ3) is 5.34. The molecule has 0 saturated carbocycles. The lowest BCUT2D eigenvalue weighted by molar-refractivity contribution is -0.139. The molecular formula is C20H26F3N3O. The average Bonchev–Trinajstić information content (AvgIpc) is 2.60. The molecule has 4 nitrogen and oxygen atoms in total. The van der Waals surface area contributed by atoms with Gasteiger partial charge in [-0.1, -0.05) is 39.8 Å². The number of benzene rings is 1. The number of rotatable bonds is 7. The third-order valence-corrected chi connectivity index (χ3v) is 4.03. The van der Waals surface area contributed by atoms with E-state index >= 15 is 0 Å². The molecular weight excluding hydrogens is 355 g/mol. The fourth-order valence-corrected chi connectivity index (χ4v) is 2.52. The molecule has 7 heteroatoms. The molecule has 0 unspecified atom stereocenters. The van der Waals surface area contributed by atoms with E-state index in [-0.39, 0.29) is 18.5 Å². The summed E-state index contributed by atoms with van der Waals surface area (Å²) in [6, 6.07) is 7.86. The molecule has 0 saturated heterocycles. The first-order valence-corrected chi connectivity index (χ1v) is 9.08. The number of hydrogen-bond acceptors (Lipinski definition) is 4. The number of nitrogens with zero attached hydrogens (tertiary/aromatic N) is 3. The van der Waals surface area contributed by atoms with Crippen LogP contribution in [0.4, 0.5) is 24.8 Å². The molecule has 148 valence electrons. The minimum Gasteiger partial charge on any atom is -0.477 e. The lowest BCUT2D eigenvalue weighted by Gasteiger charge is -2.23. The van der Waals surface area contributed by atoms with Gasteiger partial charge in [0, 0.05) is 18.4 Å². The summed E-state index contributed by atoms with van der Waals surface area (Å²) in [5, 5.41) is 0. The highest BCUT2D eigenvalue weighted by Gasteiger charge is 2.36. The van der Waals surface area contributed by atoms with Gasteiger partial charge in [0.1, 0.15) is 5.56 Å². The summed E-state index contributed by atoms with van der Waals surface area (Å²) in [5.74, 6) is 0.225. The van der Waals surface area contributed by atoms with Crippen LogP contribution in [0.3, 0.4) is 0 Å². The number of aromatic nitrogens is 2. The van der Waals surface area contributed by atoms with Crippen molar-refractivity contribution in [2.24, 2.45) is 5.92 Å². The Morgan fingerprint density at radius 3 is 2.19 bits per heavy atom. The molecule has 0 radical (unpaired) electrons. The van der Waals surface area contributed by atoms with Crippen molar-refractivity contribution in [3.63, 3.8) is 0 Å². The van der Waals surface area contributed by atoms with Crippen LogP contribution in [0, 0.1) is 5.92 Å². The second-order valence-corrected chi connectivity index (χ2v) is 7.08. The van der Waals surface area contributed by atoms with Crippen LogP contribution in [0.1, 0.15) is 51.7 Å². The highest BCUT2D eigenvalue weighted by atomic mass is 19.4. The zero-order valence-electron chi connectivity index (χ0n) is 16.3. The maximum absolute atomic E-state index is 13.3. The zero-order chi connectivity index (χ0) is 20.2. The largest absolute Gasteiger partial charge is 0.477 e. The maximum Gasteiger partial charge on any atom is 0.423 e. The molecule has 1 heterocycles. The van der Waals surface area contributed by atoms with Gasteiger partial charge in [-0.2, -0.15) is 18.2 Å². The minimum absolute atomic E-state index is 0.0790. The van der Waals surface area contributed by atoms with Crippen LogP contribution in [0.2, 0.25) is 0 Å². The summed E-state index contributed by atoms with van der Waals surface area (Å²) in [6.07, 6.45) is -3.77. The molecule has 0 spiro atoms. The molecule has 0 aliphatic rings. The van der Waals surface area contributed by atoms with Gasteiger partial charge in [-0.05, 0) is 36.5 Å². The van der Waals surface area contributed by atoms with E-state index in [1.807, 2.05) is 45.0 Å². The van der Waals surface area contributed by atoms with E-state index < -0.39 is 17.6 Å². The van der Waals surface area contributed by atoms with E-state index in [2.05, 4.69) is 23.8 Å². The summed E-state index contributed by atoms with van der Waals surface area (Å²) in [4.78, 5) is 9.80. The van der Waals surface area contributed by atoms with Gasteiger partial charge in [0.2, 0.25) is 11.8 Å². The van der Waals surface area contributed by atoms with Crippen LogP contribution in [0.15, 0.2) is 30.5 Å². The van der Waals surface area contributed by atoms with Crippen LogP contribution >= 0.6 is 0 Å². The summed E-state index contributed by atoms with van der Waals surface area (Å²) >= 11 is 0. The molecule has 27 heavy (non-hydrogen) atoms. The molecule has 1 aromatic carbocycles. The van der Waals surface area contributed by atoms with Gasteiger partial charge in [0.25, 0.3) is 0 Å². The van der Waals surface area contributed by atoms with Crippen molar-refractivity contribution in [3.8, 4) is 5.88 Å². The van der Waals surface area contributed by atoms with Crippen LogP contribution in [-0.4, -0.2) is 23.1 Å². The van der Waals surface area contributed by atoms with Crippen molar-refractivity contribution in [2.75, 3.05) is 18.1 Å². The first-order chi connectivity index (χ1) is 12.6. The van der Waals surface area contributed by atoms with Crippen molar-refractivity contribution in [3.05, 3.63) is 41.6 Å². The highest BCUT2D eigenvalue weighted by Crippen LogP contribution is 2.36. The van der Waals surface area contributed by atoms with Crippen molar-refractivity contribution < 1.29 is 17.9 Å². The Morgan fingerprint density at radius 2 is 1.70 bits per heavy atom. The Hall–Kier alpha value is -2.31. The summed E-state index contributed by atoms with van der Waals surface area (Å²) in [5.41, 5.74) is 1.04. The lowest BCUT2D eigenvalue weighted by atomic mass is 10.0. The third-order valence-electron chi connectivity index (χ3n) is 4.03. The Labute approximate surface area is 158 Å². The highest BCUT2D eigenvalue weighted by molar-refractivity contribution is 5.58. The predicted molar refractivity (Wildman–Crippen MR) is 101 cm³/mol. The van der Waals surface area contributed by atoms with Crippen molar-refractivity contribution in [1.82, 2.24) is 9.97 Å². The Bertz CT molecular complexity index is 743. The van der Waals surface area contributed by atoms with Crippen molar-refractivity contribution in [1.29, 1.82) is 0 Å². The van der Waals surface area contributed by atoms with Crippen LogP contribution < -0.4 is 9.64 Å². The van der Waals surface area contributed by atoms with E-state index in [1.165, 1.54) is 5.56 Å². The molecule has 0 atom stereocenters. The fourth-order valence-electron chi connectivity index (χ4n) is 2.52. The molecule has 2 aromatic rings. The first-order valence-electron chi connectivity index (χ1n) is 9.08. The Kier molecular flexibility index (Phi) is 6.68. The Balaban J connectivity index is 2.40. The van der Waals surface area contributed by atoms with Crippen LogP contribution in [0.25, 0.3) is 0 Å². The van der Waals surface area contributed by atoms with Gasteiger partial charge in [0.15, 0.2) is 0 Å². The second kappa shape index (κ2) is 8.59. The smallest absolute Gasteiger partial charge is 0.423 e. The van der Waals surface area contributed by atoms with Gasteiger partial charge in [-0.25, -0.2) is 4.98 Å². The van der Waals surface area contributed by atoms with E-state index in [9.17, 15) is 13.2 Å². The minimum atomic E-state index is -4.57. The quantitative estimate of drug-likeness (QED) is 0.606. The maximum atomic E-state index is 13.3. The fraction of sp³-hybridized carbons (Fsp3) is 0.500.